The maximum absolute atomic E-state index is 11.0. The summed E-state index contributed by atoms with van der Waals surface area (Å²) in [7, 11) is -0.816. The average Bonchev–Trinajstić information content (AvgIpc) is 2.71. The van der Waals surface area contributed by atoms with Crippen LogP contribution < -0.4 is 0 Å². The van der Waals surface area contributed by atoms with Crippen LogP contribution in [0.2, 0.25) is 0 Å². The van der Waals surface area contributed by atoms with Gasteiger partial charge < -0.3 is 9.84 Å². The molecule has 5 heteroatoms. The highest BCUT2D eigenvalue weighted by Gasteiger charge is 2.08. The lowest BCUT2D eigenvalue weighted by Crippen LogP contribution is -2.23. The molecule has 2 unspecified atom stereocenters. The van der Waals surface area contributed by atoms with Crippen LogP contribution in [0.5, 0.6) is 0 Å². The summed E-state index contributed by atoms with van der Waals surface area (Å²) in [6, 6.07) is 0. The van der Waals surface area contributed by atoms with E-state index in [0.717, 1.165) is 11.5 Å². The number of aliphatic hydroxyl groups excluding tert-OH is 1. The molecular weight excluding hydrogens is 400 g/mol. The molecular formula is C24H50O3S2. The SMILES string of the molecule is CCCCCCCCCCCCCCCCCCSCC(CO)OCCS(C)=O. The predicted octanol–water partition coefficient (Wildman–Crippen LogP) is 6.74. The van der Waals surface area contributed by atoms with E-state index in [1.54, 1.807) is 6.26 Å². The summed E-state index contributed by atoms with van der Waals surface area (Å²) in [5.41, 5.74) is 0. The smallest absolute Gasteiger partial charge is 0.0896 e. The van der Waals surface area contributed by atoms with E-state index in [-0.39, 0.29) is 12.7 Å². The lowest BCUT2D eigenvalue weighted by Gasteiger charge is -2.14. The number of unbranched alkanes of at least 4 members (excludes halogenated alkanes) is 15. The van der Waals surface area contributed by atoms with Crippen LogP contribution in [0, 0.1) is 0 Å². The molecule has 0 fully saturated rings. The van der Waals surface area contributed by atoms with Crippen LogP contribution in [-0.2, 0) is 15.5 Å². The van der Waals surface area contributed by atoms with Crippen LogP contribution in [0.25, 0.3) is 0 Å². The van der Waals surface area contributed by atoms with E-state index in [1.807, 2.05) is 11.8 Å². The molecule has 0 spiro atoms. The fourth-order valence-corrected chi connectivity index (χ4v) is 4.82. The zero-order valence-corrected chi connectivity index (χ0v) is 21.1. The largest absolute Gasteiger partial charge is 0.394 e. The quantitative estimate of drug-likeness (QED) is 0.165. The molecule has 0 amide bonds. The van der Waals surface area contributed by atoms with Crippen LogP contribution in [-0.4, -0.2) is 52.1 Å². The van der Waals surface area contributed by atoms with Crippen molar-refractivity contribution in [1.82, 2.24) is 0 Å². The Kier molecular flexibility index (Phi) is 25.0. The summed E-state index contributed by atoms with van der Waals surface area (Å²) in [5, 5.41) is 9.32. The Morgan fingerprint density at radius 1 is 0.793 bits per heavy atom. The standard InChI is InChI=1S/C24H50O3S2/c1-3-4-5-6-7-8-9-10-11-12-13-14-15-16-17-18-20-28-23-24(22-25)27-19-21-29(2)26/h24-25H,3-23H2,1-2H3. The molecule has 0 saturated heterocycles. The van der Waals surface area contributed by atoms with Gasteiger partial charge in [0.05, 0.1) is 19.3 Å². The van der Waals surface area contributed by atoms with Gasteiger partial charge in [-0.1, -0.05) is 103 Å². The van der Waals surface area contributed by atoms with E-state index in [4.69, 9.17) is 4.74 Å². The lowest BCUT2D eigenvalue weighted by atomic mass is 10.0. The molecule has 2 atom stereocenters. The van der Waals surface area contributed by atoms with Crippen molar-refractivity contribution in [3.8, 4) is 0 Å². The van der Waals surface area contributed by atoms with E-state index in [0.29, 0.717) is 12.4 Å². The van der Waals surface area contributed by atoms with E-state index < -0.39 is 10.8 Å². The highest BCUT2D eigenvalue weighted by atomic mass is 32.2. The average molecular weight is 451 g/mol. The highest BCUT2D eigenvalue weighted by molar-refractivity contribution is 7.99. The molecule has 0 heterocycles. The zero-order chi connectivity index (χ0) is 21.4. The first kappa shape index (κ1) is 29.4. The van der Waals surface area contributed by atoms with Crippen molar-refractivity contribution < 1.29 is 14.1 Å². The second-order valence-corrected chi connectivity index (χ2v) is 11.0. The topological polar surface area (TPSA) is 46.5 Å². The predicted molar refractivity (Wildman–Crippen MR) is 133 cm³/mol. The highest BCUT2D eigenvalue weighted by Crippen LogP contribution is 2.15. The van der Waals surface area contributed by atoms with Gasteiger partial charge in [-0.2, -0.15) is 11.8 Å². The zero-order valence-electron chi connectivity index (χ0n) is 19.5. The van der Waals surface area contributed by atoms with Gasteiger partial charge in [-0.25, -0.2) is 0 Å². The molecule has 0 aromatic carbocycles. The lowest BCUT2D eigenvalue weighted by molar-refractivity contribution is 0.0368. The van der Waals surface area contributed by atoms with Gasteiger partial charge in [-0.15, -0.1) is 0 Å². The third-order valence-electron chi connectivity index (χ3n) is 5.37. The maximum Gasteiger partial charge on any atom is 0.0896 e. The number of thioether (sulfide) groups is 1. The van der Waals surface area contributed by atoms with Crippen LogP contribution in [0.4, 0.5) is 0 Å². The minimum absolute atomic E-state index is 0.0578. The number of hydrogen-bond donors (Lipinski definition) is 1. The second kappa shape index (κ2) is 24.7. The van der Waals surface area contributed by atoms with Gasteiger partial charge >= 0.3 is 0 Å². The van der Waals surface area contributed by atoms with Gasteiger partial charge in [0.1, 0.15) is 0 Å². The summed E-state index contributed by atoms with van der Waals surface area (Å²) in [6.45, 7) is 2.82. The first-order chi connectivity index (χ1) is 14.2. The molecule has 0 aliphatic heterocycles. The summed E-state index contributed by atoms with van der Waals surface area (Å²) in [4.78, 5) is 0. The monoisotopic (exact) mass is 450 g/mol. The number of rotatable bonds is 24. The first-order valence-electron chi connectivity index (χ1n) is 12.3. The van der Waals surface area contributed by atoms with Crippen molar-refractivity contribution >= 4 is 22.6 Å². The minimum Gasteiger partial charge on any atom is -0.394 e. The van der Waals surface area contributed by atoms with E-state index >= 15 is 0 Å². The van der Waals surface area contributed by atoms with Crippen LogP contribution in [0.15, 0.2) is 0 Å². The van der Waals surface area contributed by atoms with Gasteiger partial charge in [0.15, 0.2) is 0 Å². The fourth-order valence-electron chi connectivity index (χ4n) is 3.45. The Hall–Kier alpha value is 0.420. The molecule has 1 N–H and O–H groups in total. The molecule has 0 radical (unpaired) electrons. The first-order valence-corrected chi connectivity index (χ1v) is 15.2. The fraction of sp³-hybridized carbons (Fsp3) is 1.00. The molecule has 0 aromatic rings. The molecule has 0 rings (SSSR count). The Labute approximate surface area is 189 Å². The van der Waals surface area contributed by atoms with Crippen molar-refractivity contribution in [3.63, 3.8) is 0 Å². The third-order valence-corrected chi connectivity index (χ3v) is 7.30. The molecule has 0 bridgehead atoms. The van der Waals surface area contributed by atoms with Crippen molar-refractivity contribution in [2.24, 2.45) is 0 Å². The van der Waals surface area contributed by atoms with Crippen molar-refractivity contribution in [2.45, 2.75) is 116 Å². The van der Waals surface area contributed by atoms with Crippen LogP contribution in [0.3, 0.4) is 0 Å². The molecule has 3 nitrogen and oxygen atoms in total. The number of aliphatic hydroxyl groups is 1. The molecule has 0 aliphatic carbocycles. The Morgan fingerprint density at radius 3 is 1.66 bits per heavy atom. The minimum atomic E-state index is -0.816. The third kappa shape index (κ3) is 24.6. The Morgan fingerprint density at radius 2 is 1.24 bits per heavy atom. The van der Waals surface area contributed by atoms with Gasteiger partial charge in [-0.3, -0.25) is 4.21 Å². The molecule has 0 aliphatic rings. The summed E-state index contributed by atoms with van der Waals surface area (Å²) in [5.74, 6) is 2.55. The van der Waals surface area contributed by atoms with E-state index in [1.165, 1.54) is 103 Å². The van der Waals surface area contributed by atoms with E-state index in [2.05, 4.69) is 6.92 Å². The number of ether oxygens (including phenoxy) is 1. The molecule has 176 valence electrons. The summed E-state index contributed by atoms with van der Waals surface area (Å²) >= 11 is 1.87. The normalized spacial score (nSPS) is 13.6. The van der Waals surface area contributed by atoms with Gasteiger partial charge in [-0.05, 0) is 12.2 Å². The van der Waals surface area contributed by atoms with Gasteiger partial charge in [0.2, 0.25) is 0 Å². The van der Waals surface area contributed by atoms with E-state index in [9.17, 15) is 9.32 Å². The van der Waals surface area contributed by atoms with Crippen molar-refractivity contribution in [2.75, 3.05) is 36.7 Å². The Balaban J connectivity index is 3.18. The number of hydrogen-bond acceptors (Lipinski definition) is 4. The summed E-state index contributed by atoms with van der Waals surface area (Å²) in [6.07, 6.45) is 24.1. The van der Waals surface area contributed by atoms with Crippen molar-refractivity contribution in [3.05, 3.63) is 0 Å². The molecule has 0 saturated carbocycles. The summed E-state index contributed by atoms with van der Waals surface area (Å²) < 4.78 is 16.6. The Bertz CT molecular complexity index is 340. The van der Waals surface area contributed by atoms with Gasteiger partial charge in [0, 0.05) is 28.6 Å². The van der Waals surface area contributed by atoms with Crippen molar-refractivity contribution in [1.29, 1.82) is 0 Å². The molecule has 0 aromatic heterocycles. The second-order valence-electron chi connectivity index (χ2n) is 8.33. The van der Waals surface area contributed by atoms with Crippen LogP contribution in [0.1, 0.15) is 110 Å². The van der Waals surface area contributed by atoms with Crippen LogP contribution >= 0.6 is 11.8 Å². The maximum atomic E-state index is 11.0. The molecule has 29 heavy (non-hydrogen) atoms. The van der Waals surface area contributed by atoms with Gasteiger partial charge in [0.25, 0.3) is 0 Å².